The van der Waals surface area contributed by atoms with Gasteiger partial charge < -0.3 is 19.8 Å². The first-order valence-electron chi connectivity index (χ1n) is 7.58. The molecule has 0 spiro atoms. The first kappa shape index (κ1) is 19.1. The number of hydrogen-bond donors (Lipinski definition) is 2. The van der Waals surface area contributed by atoms with Gasteiger partial charge in [0.1, 0.15) is 17.7 Å². The van der Waals surface area contributed by atoms with E-state index in [0.29, 0.717) is 0 Å². The maximum absolute atomic E-state index is 13.5. The molecule has 2 amide bonds. The average Bonchev–Trinajstić information content (AvgIpc) is 3.12. The molecule has 0 aliphatic rings. The third-order valence-corrected chi connectivity index (χ3v) is 3.29. The van der Waals surface area contributed by atoms with E-state index in [4.69, 9.17) is 9.15 Å². The van der Waals surface area contributed by atoms with Crippen LogP contribution in [-0.4, -0.2) is 29.9 Å². The van der Waals surface area contributed by atoms with E-state index in [0.717, 1.165) is 18.2 Å². The minimum Gasteiger partial charge on any atom is -0.459 e. The van der Waals surface area contributed by atoms with Crippen LogP contribution in [0.1, 0.15) is 24.4 Å². The zero-order valence-corrected chi connectivity index (χ0v) is 13.9. The summed E-state index contributed by atoms with van der Waals surface area (Å²) >= 11 is 0. The van der Waals surface area contributed by atoms with Gasteiger partial charge in [0.05, 0.1) is 12.0 Å². The van der Waals surface area contributed by atoms with Crippen molar-refractivity contribution in [2.24, 2.45) is 0 Å². The number of carbonyl (C=O) groups is 3. The number of benzene rings is 1. The molecule has 9 heteroatoms. The lowest BCUT2D eigenvalue weighted by atomic mass is 10.2. The molecule has 0 saturated heterocycles. The lowest BCUT2D eigenvalue weighted by molar-refractivity contribution is -0.154. The van der Waals surface area contributed by atoms with Crippen molar-refractivity contribution in [1.82, 2.24) is 5.32 Å². The topological polar surface area (TPSA) is 97.6 Å². The van der Waals surface area contributed by atoms with Gasteiger partial charge in [0.2, 0.25) is 0 Å². The molecule has 2 N–H and O–H groups in total. The number of furan rings is 1. The summed E-state index contributed by atoms with van der Waals surface area (Å²) in [7, 11) is 0. The van der Waals surface area contributed by atoms with E-state index in [9.17, 15) is 23.2 Å². The highest BCUT2D eigenvalue weighted by Gasteiger charge is 2.24. The van der Waals surface area contributed by atoms with Crippen LogP contribution in [-0.2, 0) is 14.3 Å². The molecule has 0 aliphatic carbocycles. The first-order valence-corrected chi connectivity index (χ1v) is 7.58. The SMILES string of the molecule is C[C@H](NC(=O)c1ccco1)C(=O)O[C@@H](C)C(=O)Nc1cc(F)ccc1F. The van der Waals surface area contributed by atoms with Gasteiger partial charge in [-0.2, -0.15) is 0 Å². The summed E-state index contributed by atoms with van der Waals surface area (Å²) in [5, 5.41) is 4.47. The lowest BCUT2D eigenvalue weighted by Gasteiger charge is -2.17. The van der Waals surface area contributed by atoms with Crippen LogP contribution in [0.4, 0.5) is 14.5 Å². The molecule has 7 nitrogen and oxygen atoms in total. The van der Waals surface area contributed by atoms with Gasteiger partial charge in [-0.1, -0.05) is 0 Å². The van der Waals surface area contributed by atoms with Crippen molar-refractivity contribution in [2.75, 3.05) is 5.32 Å². The number of rotatable bonds is 6. The first-order chi connectivity index (χ1) is 12.3. The fraction of sp³-hybridized carbons (Fsp3) is 0.235. The van der Waals surface area contributed by atoms with Gasteiger partial charge in [-0.25, -0.2) is 13.6 Å². The summed E-state index contributed by atoms with van der Waals surface area (Å²) in [4.78, 5) is 35.7. The van der Waals surface area contributed by atoms with Crippen LogP contribution in [0.2, 0.25) is 0 Å². The number of amides is 2. The van der Waals surface area contributed by atoms with Crippen LogP contribution >= 0.6 is 0 Å². The Balaban J connectivity index is 1.90. The number of hydrogen-bond acceptors (Lipinski definition) is 5. The molecule has 1 heterocycles. The van der Waals surface area contributed by atoms with Crippen LogP contribution in [0.15, 0.2) is 41.0 Å². The Morgan fingerprint density at radius 3 is 2.54 bits per heavy atom. The smallest absolute Gasteiger partial charge is 0.329 e. The van der Waals surface area contributed by atoms with Crippen molar-refractivity contribution in [3.63, 3.8) is 0 Å². The Hall–Kier alpha value is -3.23. The van der Waals surface area contributed by atoms with E-state index in [1.165, 1.54) is 32.2 Å². The molecule has 0 saturated carbocycles. The number of esters is 1. The minimum absolute atomic E-state index is 0.0111. The minimum atomic E-state index is -1.30. The van der Waals surface area contributed by atoms with E-state index >= 15 is 0 Å². The highest BCUT2D eigenvalue weighted by atomic mass is 19.1. The number of halogens is 2. The molecule has 2 rings (SSSR count). The van der Waals surface area contributed by atoms with Crippen molar-refractivity contribution < 1.29 is 32.3 Å². The van der Waals surface area contributed by atoms with E-state index in [-0.39, 0.29) is 11.4 Å². The molecular weight excluding hydrogens is 350 g/mol. The number of nitrogens with one attached hydrogen (secondary N) is 2. The highest BCUT2D eigenvalue weighted by Crippen LogP contribution is 2.16. The normalized spacial score (nSPS) is 12.8. The molecule has 1 aromatic heterocycles. The van der Waals surface area contributed by atoms with Gasteiger partial charge in [0, 0.05) is 6.07 Å². The predicted octanol–water partition coefficient (Wildman–Crippen LogP) is 2.25. The summed E-state index contributed by atoms with van der Waals surface area (Å²) in [5.74, 6) is -3.92. The Bertz CT molecular complexity index is 807. The lowest BCUT2D eigenvalue weighted by Crippen LogP contribution is -2.42. The van der Waals surface area contributed by atoms with E-state index in [2.05, 4.69) is 10.6 Å². The molecule has 138 valence electrons. The quantitative estimate of drug-likeness (QED) is 0.764. The third kappa shape index (κ3) is 4.88. The van der Waals surface area contributed by atoms with Crippen molar-refractivity contribution in [3.8, 4) is 0 Å². The number of anilines is 1. The Morgan fingerprint density at radius 1 is 1.15 bits per heavy atom. The molecule has 0 fully saturated rings. The second-order valence-corrected chi connectivity index (χ2v) is 5.36. The van der Waals surface area contributed by atoms with Crippen LogP contribution in [0.5, 0.6) is 0 Å². The molecule has 0 bridgehead atoms. The van der Waals surface area contributed by atoms with E-state index in [1.807, 2.05) is 0 Å². The fourth-order valence-corrected chi connectivity index (χ4v) is 1.89. The van der Waals surface area contributed by atoms with Crippen LogP contribution in [0, 0.1) is 11.6 Å². The summed E-state index contributed by atoms with van der Waals surface area (Å²) in [6, 6.07) is 4.42. The van der Waals surface area contributed by atoms with Gasteiger partial charge in [-0.05, 0) is 38.1 Å². The van der Waals surface area contributed by atoms with Crippen LogP contribution < -0.4 is 10.6 Å². The molecule has 1 aromatic carbocycles. The molecule has 26 heavy (non-hydrogen) atoms. The maximum atomic E-state index is 13.5. The maximum Gasteiger partial charge on any atom is 0.329 e. The van der Waals surface area contributed by atoms with Crippen molar-refractivity contribution in [1.29, 1.82) is 0 Å². The van der Waals surface area contributed by atoms with Gasteiger partial charge in [-0.15, -0.1) is 0 Å². The van der Waals surface area contributed by atoms with Gasteiger partial charge in [-0.3, -0.25) is 9.59 Å². The molecular formula is C17H16F2N2O5. The second kappa shape index (κ2) is 8.24. The van der Waals surface area contributed by atoms with Gasteiger partial charge in [0.15, 0.2) is 11.9 Å². The largest absolute Gasteiger partial charge is 0.459 e. The summed E-state index contributed by atoms with van der Waals surface area (Å²) < 4.78 is 36.4. The monoisotopic (exact) mass is 366 g/mol. The number of ether oxygens (including phenoxy) is 1. The molecule has 0 radical (unpaired) electrons. The van der Waals surface area contributed by atoms with Crippen LogP contribution in [0.25, 0.3) is 0 Å². The zero-order valence-electron chi connectivity index (χ0n) is 13.9. The third-order valence-electron chi connectivity index (χ3n) is 3.29. The average molecular weight is 366 g/mol. The Kier molecular flexibility index (Phi) is 6.05. The van der Waals surface area contributed by atoms with E-state index in [1.54, 1.807) is 0 Å². The van der Waals surface area contributed by atoms with Crippen molar-refractivity contribution >= 4 is 23.5 Å². The molecule has 2 aromatic rings. The summed E-state index contributed by atoms with van der Waals surface area (Å²) in [6.45, 7) is 2.62. The fourth-order valence-electron chi connectivity index (χ4n) is 1.89. The Labute approximate surface area is 147 Å². The summed E-state index contributed by atoms with van der Waals surface area (Å²) in [5.41, 5.74) is -0.378. The molecule has 2 atom stereocenters. The van der Waals surface area contributed by atoms with Gasteiger partial charge >= 0.3 is 5.97 Å². The molecule has 0 aliphatic heterocycles. The number of carbonyl (C=O) groups excluding carboxylic acids is 3. The second-order valence-electron chi connectivity index (χ2n) is 5.36. The molecule has 0 unspecified atom stereocenters. The van der Waals surface area contributed by atoms with E-state index < -0.39 is 41.6 Å². The van der Waals surface area contributed by atoms with Crippen molar-refractivity contribution in [2.45, 2.75) is 26.0 Å². The Morgan fingerprint density at radius 2 is 1.88 bits per heavy atom. The summed E-state index contributed by atoms with van der Waals surface area (Å²) in [6.07, 6.45) is 0.00342. The predicted molar refractivity (Wildman–Crippen MR) is 86.2 cm³/mol. The standard InChI is InChI=1S/C17H16F2N2O5/c1-9(20-16(23)14-4-3-7-25-14)17(24)26-10(2)15(22)21-13-8-11(18)5-6-12(13)19/h3-10H,1-2H3,(H,20,23)(H,21,22)/t9-,10-/m0/s1. The highest BCUT2D eigenvalue weighted by molar-refractivity contribution is 5.97. The van der Waals surface area contributed by atoms with Gasteiger partial charge in [0.25, 0.3) is 11.8 Å². The van der Waals surface area contributed by atoms with Crippen LogP contribution in [0.3, 0.4) is 0 Å². The zero-order chi connectivity index (χ0) is 19.3. The van der Waals surface area contributed by atoms with Crippen molar-refractivity contribution in [3.05, 3.63) is 54.0 Å².